The van der Waals surface area contributed by atoms with Crippen molar-refractivity contribution in [3.8, 4) is 33.4 Å². The molecule has 0 aliphatic heterocycles. The van der Waals surface area contributed by atoms with Crippen molar-refractivity contribution in [2.75, 3.05) is 4.90 Å². The van der Waals surface area contributed by atoms with Gasteiger partial charge in [-0.2, -0.15) is 0 Å². The van der Waals surface area contributed by atoms with Crippen LogP contribution in [-0.2, 0) is 0 Å². The fourth-order valence-corrected chi connectivity index (χ4v) is 7.00. The van der Waals surface area contributed by atoms with E-state index >= 15 is 0 Å². The lowest BCUT2D eigenvalue weighted by Gasteiger charge is -2.28. The smallest absolute Gasteiger partial charge is 0.136 e. The Hall–Kier alpha value is -6.38. The summed E-state index contributed by atoms with van der Waals surface area (Å²) < 4.78 is 6.58. The molecule has 8 aromatic carbocycles. The van der Waals surface area contributed by atoms with Crippen LogP contribution >= 0.6 is 0 Å². The normalized spacial score (nSPS) is 11.3. The maximum atomic E-state index is 6.58. The van der Waals surface area contributed by atoms with Gasteiger partial charge in [-0.1, -0.05) is 146 Å². The molecule has 1 aromatic heterocycles. The van der Waals surface area contributed by atoms with Gasteiger partial charge in [0.15, 0.2) is 0 Å². The van der Waals surface area contributed by atoms with E-state index in [2.05, 4.69) is 193 Å². The first-order chi connectivity index (χ1) is 23.8. The summed E-state index contributed by atoms with van der Waals surface area (Å²) in [5.41, 5.74) is 12.1. The lowest BCUT2D eigenvalue weighted by atomic mass is 9.94. The molecule has 9 rings (SSSR count). The third kappa shape index (κ3) is 4.83. The van der Waals surface area contributed by atoms with Gasteiger partial charge in [0.25, 0.3) is 0 Å². The third-order valence-electron chi connectivity index (χ3n) is 9.27. The number of furan rings is 1. The zero-order valence-electron chi connectivity index (χ0n) is 26.3. The van der Waals surface area contributed by atoms with E-state index in [-0.39, 0.29) is 0 Å². The molecule has 9 aromatic rings. The SMILES string of the molecule is c1ccc(-c2ccc(N(c3ccc(-c4ccccc4)cc3)c3ccc4oc5ccc6ccccc6c5c4c3-c3ccccc3)cc2)cc1. The molecule has 0 spiro atoms. The van der Waals surface area contributed by atoms with Gasteiger partial charge in [0, 0.05) is 27.7 Å². The summed E-state index contributed by atoms with van der Waals surface area (Å²) in [5, 5.41) is 4.65. The molecule has 0 atom stereocenters. The summed E-state index contributed by atoms with van der Waals surface area (Å²) in [4.78, 5) is 2.38. The third-order valence-corrected chi connectivity index (χ3v) is 9.27. The molecular formula is C46H31NO. The van der Waals surface area contributed by atoms with E-state index in [0.29, 0.717) is 0 Å². The van der Waals surface area contributed by atoms with E-state index in [1.165, 1.54) is 33.0 Å². The Morgan fingerprint density at radius 2 is 0.792 bits per heavy atom. The van der Waals surface area contributed by atoms with Crippen molar-refractivity contribution in [1.29, 1.82) is 0 Å². The highest BCUT2D eigenvalue weighted by Gasteiger charge is 2.23. The molecule has 0 N–H and O–H groups in total. The van der Waals surface area contributed by atoms with E-state index < -0.39 is 0 Å². The Morgan fingerprint density at radius 1 is 0.333 bits per heavy atom. The van der Waals surface area contributed by atoms with Crippen molar-refractivity contribution in [1.82, 2.24) is 0 Å². The number of hydrogen-bond donors (Lipinski definition) is 0. The molecule has 226 valence electrons. The summed E-state index contributed by atoms with van der Waals surface area (Å²) in [7, 11) is 0. The van der Waals surface area contributed by atoms with Gasteiger partial charge in [-0.15, -0.1) is 0 Å². The van der Waals surface area contributed by atoms with Gasteiger partial charge in [-0.3, -0.25) is 0 Å². The fourth-order valence-electron chi connectivity index (χ4n) is 7.00. The van der Waals surface area contributed by atoms with Crippen LogP contribution in [0.4, 0.5) is 17.1 Å². The number of fused-ring (bicyclic) bond motifs is 5. The summed E-state index contributed by atoms with van der Waals surface area (Å²) >= 11 is 0. The molecular weight excluding hydrogens is 583 g/mol. The summed E-state index contributed by atoms with van der Waals surface area (Å²) in [5.74, 6) is 0. The molecule has 0 aliphatic carbocycles. The highest BCUT2D eigenvalue weighted by Crippen LogP contribution is 2.48. The lowest BCUT2D eigenvalue weighted by molar-refractivity contribution is 0.669. The Morgan fingerprint density at radius 3 is 1.38 bits per heavy atom. The molecule has 0 saturated carbocycles. The maximum absolute atomic E-state index is 6.58. The van der Waals surface area contributed by atoms with Crippen molar-refractivity contribution in [3.63, 3.8) is 0 Å². The highest BCUT2D eigenvalue weighted by atomic mass is 16.3. The van der Waals surface area contributed by atoms with E-state index in [4.69, 9.17) is 4.42 Å². The van der Waals surface area contributed by atoms with Crippen molar-refractivity contribution >= 4 is 49.8 Å². The zero-order valence-corrected chi connectivity index (χ0v) is 26.3. The second kappa shape index (κ2) is 11.8. The Kier molecular flexibility index (Phi) is 6.84. The minimum absolute atomic E-state index is 0.878. The monoisotopic (exact) mass is 613 g/mol. The van der Waals surface area contributed by atoms with E-state index in [1.54, 1.807) is 0 Å². The quantitative estimate of drug-likeness (QED) is 0.185. The molecule has 2 heteroatoms. The van der Waals surface area contributed by atoms with Crippen molar-refractivity contribution in [3.05, 3.63) is 188 Å². The Labute approximate surface area is 279 Å². The minimum atomic E-state index is 0.878. The van der Waals surface area contributed by atoms with Crippen molar-refractivity contribution < 1.29 is 4.42 Å². The van der Waals surface area contributed by atoms with E-state index in [1.807, 2.05) is 0 Å². The topological polar surface area (TPSA) is 16.4 Å². The van der Waals surface area contributed by atoms with Gasteiger partial charge in [-0.05, 0) is 81.1 Å². The number of hydrogen-bond acceptors (Lipinski definition) is 2. The first kappa shape index (κ1) is 27.9. The molecule has 0 aliphatic rings. The predicted octanol–water partition coefficient (Wildman–Crippen LogP) is 13.2. The minimum Gasteiger partial charge on any atom is -0.456 e. The first-order valence-corrected chi connectivity index (χ1v) is 16.4. The Balaban J connectivity index is 1.32. The van der Waals surface area contributed by atoms with Gasteiger partial charge in [0.2, 0.25) is 0 Å². The predicted molar refractivity (Wildman–Crippen MR) is 202 cm³/mol. The van der Waals surface area contributed by atoms with Crippen LogP contribution in [0, 0.1) is 0 Å². The maximum Gasteiger partial charge on any atom is 0.136 e. The van der Waals surface area contributed by atoms with Crippen LogP contribution in [0.15, 0.2) is 192 Å². The van der Waals surface area contributed by atoms with Gasteiger partial charge < -0.3 is 9.32 Å². The number of nitrogens with zero attached hydrogens (tertiary/aromatic N) is 1. The van der Waals surface area contributed by atoms with Gasteiger partial charge in [-0.25, -0.2) is 0 Å². The molecule has 0 radical (unpaired) electrons. The zero-order chi connectivity index (χ0) is 31.9. The van der Waals surface area contributed by atoms with Crippen molar-refractivity contribution in [2.24, 2.45) is 0 Å². The molecule has 2 nitrogen and oxygen atoms in total. The second-order valence-corrected chi connectivity index (χ2v) is 12.1. The molecule has 0 amide bonds. The molecule has 0 bridgehead atoms. The van der Waals surface area contributed by atoms with Gasteiger partial charge >= 0.3 is 0 Å². The Bertz CT molecular complexity index is 2430. The van der Waals surface area contributed by atoms with Crippen LogP contribution in [0.2, 0.25) is 0 Å². The number of anilines is 3. The van der Waals surface area contributed by atoms with Crippen LogP contribution in [0.3, 0.4) is 0 Å². The van der Waals surface area contributed by atoms with Crippen LogP contribution in [0.1, 0.15) is 0 Å². The summed E-state index contributed by atoms with van der Waals surface area (Å²) in [6.07, 6.45) is 0. The van der Waals surface area contributed by atoms with Crippen LogP contribution in [0.25, 0.3) is 66.1 Å². The van der Waals surface area contributed by atoms with Gasteiger partial charge in [0.05, 0.1) is 5.69 Å². The standard InChI is InChI=1S/C46H31NO/c1-4-12-32(13-5-1)34-20-25-38(26-21-34)47(39-27-22-35(23-28-39)33-14-6-2-7-15-33)41-29-31-43-46(44(41)37-17-8-3-9-18-37)45-40-19-11-10-16-36(40)24-30-42(45)48-43/h1-31H. The average molecular weight is 614 g/mol. The number of rotatable bonds is 6. The molecule has 48 heavy (non-hydrogen) atoms. The second-order valence-electron chi connectivity index (χ2n) is 12.1. The van der Waals surface area contributed by atoms with Crippen LogP contribution in [-0.4, -0.2) is 0 Å². The van der Waals surface area contributed by atoms with Crippen LogP contribution < -0.4 is 4.90 Å². The fraction of sp³-hybridized carbons (Fsp3) is 0. The summed E-state index contributed by atoms with van der Waals surface area (Å²) in [6.45, 7) is 0. The first-order valence-electron chi connectivity index (χ1n) is 16.4. The van der Waals surface area contributed by atoms with Crippen molar-refractivity contribution in [2.45, 2.75) is 0 Å². The number of benzene rings is 8. The molecule has 0 fully saturated rings. The van der Waals surface area contributed by atoms with E-state index in [0.717, 1.165) is 50.1 Å². The average Bonchev–Trinajstić information content (AvgIpc) is 3.56. The van der Waals surface area contributed by atoms with E-state index in [9.17, 15) is 0 Å². The molecule has 0 saturated heterocycles. The van der Waals surface area contributed by atoms with Crippen LogP contribution in [0.5, 0.6) is 0 Å². The molecule has 1 heterocycles. The molecule has 0 unspecified atom stereocenters. The largest absolute Gasteiger partial charge is 0.456 e. The highest BCUT2D eigenvalue weighted by molar-refractivity contribution is 6.24. The lowest BCUT2D eigenvalue weighted by Crippen LogP contribution is -2.11. The van der Waals surface area contributed by atoms with Gasteiger partial charge in [0.1, 0.15) is 11.2 Å². The summed E-state index contributed by atoms with van der Waals surface area (Å²) in [6, 6.07) is 66.8.